The summed E-state index contributed by atoms with van der Waals surface area (Å²) in [5, 5.41) is 12.6. The molecule has 1 heterocycles. The summed E-state index contributed by atoms with van der Waals surface area (Å²) >= 11 is 1.64. The average Bonchev–Trinajstić information content (AvgIpc) is 2.84. The molecule has 0 radical (unpaired) electrons. The monoisotopic (exact) mass is 292 g/mol. The Balaban J connectivity index is 1.84. The second-order valence-corrected chi connectivity index (χ2v) is 5.66. The molecular weight excluding hydrogens is 276 g/mol. The van der Waals surface area contributed by atoms with Crippen molar-refractivity contribution in [1.82, 2.24) is 10.1 Å². The number of nitrogens with zero attached hydrogens (tertiary/aromatic N) is 2. The molecule has 0 aliphatic heterocycles. The SMILES string of the molecule is CC(CC(=O)O)Cc1nc(CSc2ccccc2)no1. The van der Waals surface area contributed by atoms with Gasteiger partial charge in [-0.15, -0.1) is 11.8 Å². The van der Waals surface area contributed by atoms with Crippen molar-refractivity contribution in [2.75, 3.05) is 0 Å². The molecule has 0 bridgehead atoms. The highest BCUT2D eigenvalue weighted by Crippen LogP contribution is 2.21. The number of thioether (sulfide) groups is 1. The minimum atomic E-state index is -0.808. The molecule has 0 aliphatic carbocycles. The molecule has 0 saturated heterocycles. The molecule has 0 fully saturated rings. The Kier molecular flexibility index (Phi) is 5.17. The zero-order valence-corrected chi connectivity index (χ0v) is 12.0. The van der Waals surface area contributed by atoms with Crippen molar-refractivity contribution in [2.24, 2.45) is 5.92 Å². The molecule has 106 valence electrons. The van der Waals surface area contributed by atoms with Crippen LogP contribution in [-0.4, -0.2) is 21.2 Å². The fraction of sp³-hybridized carbons (Fsp3) is 0.357. The van der Waals surface area contributed by atoms with Crippen LogP contribution in [0.1, 0.15) is 25.1 Å². The summed E-state index contributed by atoms with van der Waals surface area (Å²) in [6.45, 7) is 1.86. The molecule has 5 nitrogen and oxygen atoms in total. The van der Waals surface area contributed by atoms with E-state index >= 15 is 0 Å². The molecule has 1 aromatic carbocycles. The van der Waals surface area contributed by atoms with Gasteiger partial charge >= 0.3 is 5.97 Å². The topological polar surface area (TPSA) is 76.2 Å². The number of benzene rings is 1. The van der Waals surface area contributed by atoms with Crippen LogP contribution >= 0.6 is 11.8 Å². The Morgan fingerprint density at radius 3 is 2.85 bits per heavy atom. The van der Waals surface area contributed by atoms with Gasteiger partial charge in [0, 0.05) is 17.7 Å². The molecule has 0 spiro atoms. The van der Waals surface area contributed by atoms with Gasteiger partial charge in [-0.05, 0) is 18.1 Å². The smallest absolute Gasteiger partial charge is 0.303 e. The highest BCUT2D eigenvalue weighted by atomic mass is 32.2. The molecule has 1 unspecified atom stereocenters. The Morgan fingerprint density at radius 2 is 2.15 bits per heavy atom. The van der Waals surface area contributed by atoms with Gasteiger partial charge in [-0.1, -0.05) is 30.3 Å². The summed E-state index contributed by atoms with van der Waals surface area (Å²) in [7, 11) is 0. The molecule has 6 heteroatoms. The Bertz CT molecular complexity index is 557. The van der Waals surface area contributed by atoms with Gasteiger partial charge in [-0.2, -0.15) is 4.98 Å². The van der Waals surface area contributed by atoms with Gasteiger partial charge in [0.05, 0.1) is 5.75 Å². The van der Waals surface area contributed by atoms with Crippen LogP contribution in [-0.2, 0) is 17.0 Å². The van der Waals surface area contributed by atoms with Crippen molar-refractivity contribution in [1.29, 1.82) is 0 Å². The quantitative estimate of drug-likeness (QED) is 0.790. The lowest BCUT2D eigenvalue weighted by Crippen LogP contribution is -2.07. The van der Waals surface area contributed by atoms with Crippen molar-refractivity contribution < 1.29 is 14.4 Å². The van der Waals surface area contributed by atoms with Gasteiger partial charge in [0.2, 0.25) is 5.89 Å². The Labute approximate surface area is 121 Å². The number of carboxylic acids is 1. The normalized spacial score (nSPS) is 12.2. The van der Waals surface area contributed by atoms with Crippen molar-refractivity contribution in [3.8, 4) is 0 Å². The number of hydrogen-bond acceptors (Lipinski definition) is 5. The van der Waals surface area contributed by atoms with E-state index in [4.69, 9.17) is 9.63 Å². The number of aliphatic carboxylic acids is 1. The van der Waals surface area contributed by atoms with E-state index in [0.29, 0.717) is 23.9 Å². The minimum absolute atomic E-state index is 0.0115. The summed E-state index contributed by atoms with van der Waals surface area (Å²) in [5.41, 5.74) is 0. The predicted octanol–water partition coefficient (Wildman–Crippen LogP) is 3.02. The highest BCUT2D eigenvalue weighted by Gasteiger charge is 2.13. The lowest BCUT2D eigenvalue weighted by Gasteiger charge is -2.03. The molecule has 1 atom stereocenters. The fourth-order valence-corrected chi connectivity index (χ4v) is 2.53. The van der Waals surface area contributed by atoms with Crippen LogP contribution in [0.15, 0.2) is 39.8 Å². The summed E-state index contributed by atoms with van der Waals surface area (Å²) < 4.78 is 5.14. The molecule has 0 saturated carbocycles. The second kappa shape index (κ2) is 7.09. The standard InChI is InChI=1S/C14H16N2O3S/c1-10(8-14(17)18)7-13-15-12(16-19-13)9-20-11-5-3-2-4-6-11/h2-6,10H,7-9H2,1H3,(H,17,18). The summed E-state index contributed by atoms with van der Waals surface area (Å²) in [5.74, 6) is 0.958. The molecule has 1 aromatic heterocycles. The summed E-state index contributed by atoms with van der Waals surface area (Å²) in [6, 6.07) is 10.00. The van der Waals surface area contributed by atoms with Crippen LogP contribution in [0.2, 0.25) is 0 Å². The van der Waals surface area contributed by atoms with E-state index in [1.807, 2.05) is 37.3 Å². The largest absolute Gasteiger partial charge is 0.481 e. The zero-order valence-electron chi connectivity index (χ0n) is 11.2. The van der Waals surface area contributed by atoms with Gasteiger partial charge in [0.15, 0.2) is 5.82 Å². The molecule has 2 rings (SSSR count). The second-order valence-electron chi connectivity index (χ2n) is 4.61. The molecular formula is C14H16N2O3S. The molecule has 0 aliphatic rings. The molecule has 0 amide bonds. The van der Waals surface area contributed by atoms with E-state index in [1.165, 1.54) is 0 Å². The van der Waals surface area contributed by atoms with Gasteiger partial charge in [-0.3, -0.25) is 4.79 Å². The van der Waals surface area contributed by atoms with Gasteiger partial charge in [0.25, 0.3) is 0 Å². The van der Waals surface area contributed by atoms with E-state index in [9.17, 15) is 4.79 Å². The molecule has 2 aromatic rings. The Hall–Kier alpha value is -1.82. The van der Waals surface area contributed by atoms with Gasteiger partial charge in [0.1, 0.15) is 0 Å². The van der Waals surface area contributed by atoms with Crippen molar-refractivity contribution in [3.63, 3.8) is 0 Å². The minimum Gasteiger partial charge on any atom is -0.481 e. The third-order valence-electron chi connectivity index (χ3n) is 2.67. The third-order valence-corrected chi connectivity index (χ3v) is 3.68. The van der Waals surface area contributed by atoms with Crippen LogP contribution in [0.3, 0.4) is 0 Å². The predicted molar refractivity (Wildman–Crippen MR) is 75.4 cm³/mol. The molecule has 20 heavy (non-hydrogen) atoms. The van der Waals surface area contributed by atoms with E-state index in [0.717, 1.165) is 4.90 Å². The van der Waals surface area contributed by atoms with Gasteiger partial charge < -0.3 is 9.63 Å². The highest BCUT2D eigenvalue weighted by molar-refractivity contribution is 7.98. The maximum absolute atomic E-state index is 10.6. The van der Waals surface area contributed by atoms with Crippen LogP contribution in [0.25, 0.3) is 0 Å². The number of carboxylic acid groups (broad SMARTS) is 1. The van der Waals surface area contributed by atoms with E-state index in [-0.39, 0.29) is 12.3 Å². The Morgan fingerprint density at radius 1 is 1.40 bits per heavy atom. The van der Waals surface area contributed by atoms with Crippen LogP contribution < -0.4 is 0 Å². The first-order valence-corrected chi connectivity index (χ1v) is 7.33. The van der Waals surface area contributed by atoms with Crippen molar-refractivity contribution >= 4 is 17.7 Å². The number of carbonyl (C=O) groups is 1. The van der Waals surface area contributed by atoms with E-state index < -0.39 is 5.97 Å². The third kappa shape index (κ3) is 4.70. The average molecular weight is 292 g/mol. The summed E-state index contributed by atoms with van der Waals surface area (Å²) in [4.78, 5) is 16.0. The van der Waals surface area contributed by atoms with Crippen molar-refractivity contribution in [3.05, 3.63) is 42.0 Å². The zero-order chi connectivity index (χ0) is 14.4. The first-order chi connectivity index (χ1) is 9.63. The van der Waals surface area contributed by atoms with Crippen molar-refractivity contribution in [2.45, 2.75) is 30.4 Å². The van der Waals surface area contributed by atoms with Gasteiger partial charge in [-0.25, -0.2) is 0 Å². The van der Waals surface area contributed by atoms with E-state index in [2.05, 4.69) is 10.1 Å². The van der Waals surface area contributed by atoms with E-state index in [1.54, 1.807) is 11.8 Å². The lowest BCUT2D eigenvalue weighted by atomic mass is 10.0. The van der Waals surface area contributed by atoms with Crippen LogP contribution in [0.4, 0.5) is 0 Å². The number of aromatic nitrogens is 2. The summed E-state index contributed by atoms with van der Waals surface area (Å²) in [6.07, 6.45) is 0.603. The first-order valence-electron chi connectivity index (χ1n) is 6.34. The maximum atomic E-state index is 10.6. The fourth-order valence-electron chi connectivity index (χ4n) is 1.76. The lowest BCUT2D eigenvalue weighted by molar-refractivity contribution is -0.137. The van der Waals surface area contributed by atoms with Crippen LogP contribution in [0.5, 0.6) is 0 Å². The maximum Gasteiger partial charge on any atom is 0.303 e. The number of hydrogen-bond donors (Lipinski definition) is 1. The first kappa shape index (κ1) is 14.6. The van der Waals surface area contributed by atoms with Crippen LogP contribution in [0, 0.1) is 5.92 Å². The molecule has 1 N–H and O–H groups in total. The number of rotatable bonds is 7.